The van der Waals surface area contributed by atoms with E-state index in [0.29, 0.717) is 5.75 Å². The van der Waals surface area contributed by atoms with E-state index in [4.69, 9.17) is 37.4 Å². The van der Waals surface area contributed by atoms with Crippen molar-refractivity contribution in [2.75, 3.05) is 67.2 Å². The minimum atomic E-state index is -3.95. The molecule has 0 radical (unpaired) electrons. The van der Waals surface area contributed by atoms with Crippen LogP contribution in [-0.4, -0.2) is 108 Å². The molecule has 1 amide bonds. The molecule has 2 aliphatic rings. The van der Waals surface area contributed by atoms with E-state index in [2.05, 4.69) is 4.90 Å². The number of hydrogen-bond donors (Lipinski definition) is 0. The Hall–Kier alpha value is -1.14. The molecule has 0 bridgehead atoms. The number of amides is 1. The van der Waals surface area contributed by atoms with Crippen molar-refractivity contribution in [1.82, 2.24) is 14.1 Å². The van der Waals surface area contributed by atoms with Gasteiger partial charge in [-0.2, -0.15) is 4.31 Å². The van der Waals surface area contributed by atoms with Crippen LogP contribution in [0.25, 0.3) is 0 Å². The van der Waals surface area contributed by atoms with Gasteiger partial charge in [0.2, 0.25) is 15.9 Å². The number of carbonyl (C=O) groups excluding carboxylic acids is 1. The largest absolute Gasteiger partial charge is 0.497 e. The van der Waals surface area contributed by atoms with Gasteiger partial charge in [0, 0.05) is 45.4 Å². The van der Waals surface area contributed by atoms with Crippen LogP contribution in [0.4, 0.5) is 0 Å². The maximum Gasteiger partial charge on any atom is 0.248 e. The molecule has 1 heterocycles. The Morgan fingerprint density at radius 3 is 2.28 bits per heavy atom. The molecule has 1 saturated carbocycles. The van der Waals surface area contributed by atoms with Crippen molar-refractivity contribution in [2.45, 2.75) is 49.1 Å². The standard InChI is InChI=1S/C24H37Cl2N3O6S/c1-27(36(31,32)24-21(25)15-20(33-3)16-22(24)26)11-13-34-17-23(30)28(2)18-5-7-19(8-6-18)35-14-12-29-9-4-10-29/h15-16,18-19H,4-14,17H2,1-3H3/t18-,19+. The molecule has 1 aromatic rings. The average Bonchev–Trinajstić information content (AvgIpc) is 2.82. The summed E-state index contributed by atoms with van der Waals surface area (Å²) in [4.78, 5) is 16.6. The van der Waals surface area contributed by atoms with Crippen LogP contribution in [-0.2, 0) is 24.3 Å². The van der Waals surface area contributed by atoms with Gasteiger partial charge in [-0.1, -0.05) is 23.2 Å². The SMILES string of the molecule is COc1cc(Cl)c(S(=O)(=O)N(C)CCOCC(=O)N(C)[C@H]2CC[C@@H](OCCN3CCC3)CC2)c(Cl)c1. The number of likely N-dealkylation sites (tertiary alicyclic amines) is 1. The number of halogens is 2. The fourth-order valence-electron chi connectivity index (χ4n) is 4.39. The second-order valence-electron chi connectivity index (χ2n) is 9.30. The molecule has 0 N–H and O–H groups in total. The van der Waals surface area contributed by atoms with Crippen LogP contribution in [0.2, 0.25) is 10.0 Å². The van der Waals surface area contributed by atoms with Crippen LogP contribution in [0.15, 0.2) is 17.0 Å². The minimum Gasteiger partial charge on any atom is -0.497 e. The van der Waals surface area contributed by atoms with Crippen molar-refractivity contribution in [3.8, 4) is 5.75 Å². The average molecular weight is 567 g/mol. The summed E-state index contributed by atoms with van der Waals surface area (Å²) in [5.41, 5.74) is 0. The van der Waals surface area contributed by atoms with E-state index in [9.17, 15) is 13.2 Å². The van der Waals surface area contributed by atoms with Crippen LogP contribution in [0.5, 0.6) is 5.75 Å². The van der Waals surface area contributed by atoms with Gasteiger partial charge in [-0.25, -0.2) is 8.42 Å². The number of hydrogen-bond acceptors (Lipinski definition) is 7. The van der Waals surface area contributed by atoms with E-state index in [1.54, 1.807) is 11.9 Å². The topological polar surface area (TPSA) is 88.6 Å². The van der Waals surface area contributed by atoms with Crippen molar-refractivity contribution in [3.05, 3.63) is 22.2 Å². The molecule has 1 aliphatic heterocycles. The highest BCUT2D eigenvalue weighted by atomic mass is 35.5. The van der Waals surface area contributed by atoms with E-state index in [-0.39, 0.29) is 52.8 Å². The van der Waals surface area contributed by atoms with E-state index < -0.39 is 10.0 Å². The van der Waals surface area contributed by atoms with Gasteiger partial charge in [0.05, 0.1) is 36.5 Å². The molecule has 3 rings (SSSR count). The first-order valence-electron chi connectivity index (χ1n) is 12.3. The predicted octanol–water partition coefficient (Wildman–Crippen LogP) is 3.13. The van der Waals surface area contributed by atoms with Crippen LogP contribution in [0.1, 0.15) is 32.1 Å². The normalized spacial score (nSPS) is 20.8. The second kappa shape index (κ2) is 13.6. The minimum absolute atomic E-state index is 0.0276. The van der Waals surface area contributed by atoms with Gasteiger partial charge in [-0.15, -0.1) is 0 Å². The Morgan fingerprint density at radius 1 is 1.08 bits per heavy atom. The lowest BCUT2D eigenvalue weighted by molar-refractivity contribution is -0.138. The molecule has 2 fully saturated rings. The quantitative estimate of drug-likeness (QED) is 0.339. The summed E-state index contributed by atoms with van der Waals surface area (Å²) in [6, 6.07) is 2.96. The fourth-order valence-corrected chi connectivity index (χ4v) is 6.68. The maximum absolute atomic E-state index is 12.9. The summed E-state index contributed by atoms with van der Waals surface area (Å²) in [5.74, 6) is 0.240. The van der Waals surface area contributed by atoms with Gasteiger partial charge >= 0.3 is 0 Å². The van der Waals surface area contributed by atoms with Gasteiger partial charge in [0.15, 0.2) is 0 Å². The summed E-state index contributed by atoms with van der Waals surface area (Å²) in [7, 11) is 0.696. The summed E-state index contributed by atoms with van der Waals surface area (Å²) in [6.07, 6.45) is 5.26. The predicted molar refractivity (Wildman–Crippen MR) is 139 cm³/mol. The monoisotopic (exact) mass is 565 g/mol. The lowest BCUT2D eigenvalue weighted by Gasteiger charge is -2.35. The van der Waals surface area contributed by atoms with E-state index in [1.807, 2.05) is 0 Å². The summed E-state index contributed by atoms with van der Waals surface area (Å²) in [5, 5.41) is -0.0552. The van der Waals surface area contributed by atoms with Crippen molar-refractivity contribution in [2.24, 2.45) is 0 Å². The van der Waals surface area contributed by atoms with Crippen molar-refractivity contribution >= 4 is 39.1 Å². The van der Waals surface area contributed by atoms with Gasteiger partial charge in [-0.05, 0) is 45.2 Å². The lowest BCUT2D eigenvalue weighted by Crippen LogP contribution is -2.43. The van der Waals surface area contributed by atoms with Crippen molar-refractivity contribution in [1.29, 1.82) is 0 Å². The Bertz CT molecular complexity index is 961. The summed E-state index contributed by atoms with van der Waals surface area (Å²) >= 11 is 12.3. The van der Waals surface area contributed by atoms with E-state index >= 15 is 0 Å². The highest BCUT2D eigenvalue weighted by molar-refractivity contribution is 7.89. The molecule has 1 saturated heterocycles. The first kappa shape index (κ1) is 29.4. The van der Waals surface area contributed by atoms with Gasteiger partial charge in [0.1, 0.15) is 17.3 Å². The molecular formula is C24H37Cl2N3O6S. The number of likely N-dealkylation sites (N-methyl/N-ethyl adjacent to an activating group) is 2. The number of ether oxygens (including phenoxy) is 3. The third kappa shape index (κ3) is 7.69. The zero-order valence-electron chi connectivity index (χ0n) is 21.2. The molecule has 0 spiro atoms. The molecule has 12 heteroatoms. The Morgan fingerprint density at radius 2 is 1.72 bits per heavy atom. The molecular weight excluding hydrogens is 529 g/mol. The van der Waals surface area contributed by atoms with E-state index in [0.717, 1.165) is 43.1 Å². The van der Waals surface area contributed by atoms with Crippen LogP contribution in [0.3, 0.4) is 0 Å². The first-order chi connectivity index (χ1) is 17.1. The summed E-state index contributed by atoms with van der Waals surface area (Å²) < 4.78 is 43.6. The second-order valence-corrected chi connectivity index (χ2v) is 12.1. The van der Waals surface area contributed by atoms with Crippen molar-refractivity contribution < 1.29 is 27.4 Å². The first-order valence-corrected chi connectivity index (χ1v) is 14.5. The Kier molecular flexibility index (Phi) is 11.1. The third-order valence-electron chi connectivity index (χ3n) is 6.95. The number of carbonyl (C=O) groups is 1. The molecule has 1 aliphatic carbocycles. The smallest absolute Gasteiger partial charge is 0.248 e. The Labute approximate surface area is 224 Å². The lowest BCUT2D eigenvalue weighted by atomic mass is 9.92. The number of benzene rings is 1. The molecule has 9 nitrogen and oxygen atoms in total. The highest BCUT2D eigenvalue weighted by Gasteiger charge is 2.29. The third-order valence-corrected chi connectivity index (χ3v) is 9.73. The van der Waals surface area contributed by atoms with Gasteiger partial charge in [-0.3, -0.25) is 4.79 Å². The zero-order valence-corrected chi connectivity index (χ0v) is 23.6. The van der Waals surface area contributed by atoms with Crippen molar-refractivity contribution in [3.63, 3.8) is 0 Å². The van der Waals surface area contributed by atoms with Gasteiger partial charge < -0.3 is 24.0 Å². The molecule has 0 unspecified atom stereocenters. The maximum atomic E-state index is 12.9. The summed E-state index contributed by atoms with van der Waals surface area (Å²) in [6.45, 7) is 4.13. The molecule has 0 aromatic heterocycles. The molecule has 1 aromatic carbocycles. The fraction of sp³-hybridized carbons (Fsp3) is 0.708. The zero-order chi connectivity index (χ0) is 26.3. The highest BCUT2D eigenvalue weighted by Crippen LogP contribution is 2.35. The van der Waals surface area contributed by atoms with E-state index in [1.165, 1.54) is 45.8 Å². The van der Waals surface area contributed by atoms with Gasteiger partial charge in [0.25, 0.3) is 0 Å². The molecule has 0 atom stereocenters. The number of rotatable bonds is 13. The molecule has 204 valence electrons. The van der Waals surface area contributed by atoms with Crippen LogP contribution >= 0.6 is 23.2 Å². The van der Waals surface area contributed by atoms with Crippen LogP contribution < -0.4 is 4.74 Å². The van der Waals surface area contributed by atoms with Crippen LogP contribution in [0, 0.1) is 0 Å². The number of nitrogens with zero attached hydrogens (tertiary/aromatic N) is 3. The number of sulfonamides is 1. The number of methoxy groups -OCH3 is 1. The molecule has 36 heavy (non-hydrogen) atoms. The Balaban J connectivity index is 1.37.